The van der Waals surface area contributed by atoms with E-state index in [9.17, 15) is 4.79 Å². The third-order valence-corrected chi connectivity index (χ3v) is 6.85. The minimum Gasteiger partial charge on any atom is -0.496 e. The lowest BCUT2D eigenvalue weighted by Crippen LogP contribution is -2.42. The Bertz CT molecular complexity index is 828. The zero-order valence-electron chi connectivity index (χ0n) is 19.3. The summed E-state index contributed by atoms with van der Waals surface area (Å²) in [7, 11) is 3.42. The van der Waals surface area contributed by atoms with Gasteiger partial charge in [-0.2, -0.15) is 0 Å². The predicted octanol–water partition coefficient (Wildman–Crippen LogP) is 4.91. The van der Waals surface area contributed by atoms with Crippen molar-refractivity contribution in [3.05, 3.63) is 51.7 Å². The highest BCUT2D eigenvalue weighted by molar-refractivity contribution is 7.14. The third-order valence-electron chi connectivity index (χ3n) is 5.80. The molecule has 170 valence electrons. The molecule has 1 aromatic carbocycles. The van der Waals surface area contributed by atoms with Gasteiger partial charge < -0.3 is 14.4 Å². The lowest BCUT2D eigenvalue weighted by Gasteiger charge is -2.35. The van der Waals surface area contributed by atoms with Gasteiger partial charge in [-0.25, -0.2) is 0 Å². The van der Waals surface area contributed by atoms with Gasteiger partial charge in [-0.05, 0) is 56.0 Å². The van der Waals surface area contributed by atoms with Crippen LogP contribution in [0.2, 0.25) is 0 Å². The summed E-state index contributed by atoms with van der Waals surface area (Å²) in [5.41, 5.74) is 1.24. The molecule has 1 saturated heterocycles. The number of piperidine rings is 1. The first-order valence-electron chi connectivity index (χ1n) is 11.2. The molecule has 5 nitrogen and oxygen atoms in total. The smallest absolute Gasteiger partial charge is 0.263 e. The van der Waals surface area contributed by atoms with Gasteiger partial charge in [0.2, 0.25) is 0 Å². The topological polar surface area (TPSA) is 42.0 Å². The number of methoxy groups -OCH3 is 2. The van der Waals surface area contributed by atoms with E-state index >= 15 is 0 Å². The van der Waals surface area contributed by atoms with Gasteiger partial charge in [0.15, 0.2) is 0 Å². The van der Waals surface area contributed by atoms with E-state index in [2.05, 4.69) is 35.8 Å². The summed E-state index contributed by atoms with van der Waals surface area (Å²) in [6, 6.07) is 12.2. The SMILES string of the molecule is COCc1ccc(C(=O)N(CC(C)C)CC2CCN(Cc3ccccc3OC)CC2)s1. The minimum atomic E-state index is 0.164. The fraction of sp³-hybridized carbons (Fsp3) is 0.560. The van der Waals surface area contributed by atoms with Gasteiger partial charge in [0.25, 0.3) is 5.91 Å². The number of hydrogen-bond donors (Lipinski definition) is 0. The number of amides is 1. The van der Waals surface area contributed by atoms with E-state index in [0.717, 1.165) is 61.1 Å². The summed E-state index contributed by atoms with van der Waals surface area (Å²) in [4.78, 5) is 19.7. The molecule has 0 unspecified atom stereocenters. The van der Waals surface area contributed by atoms with E-state index in [0.29, 0.717) is 18.4 Å². The number of thiophene rings is 1. The first-order chi connectivity index (χ1) is 15.0. The zero-order chi connectivity index (χ0) is 22.2. The van der Waals surface area contributed by atoms with Crippen molar-refractivity contribution in [3.8, 4) is 5.75 Å². The molecule has 1 aliphatic heterocycles. The summed E-state index contributed by atoms with van der Waals surface area (Å²) < 4.78 is 10.7. The van der Waals surface area contributed by atoms with Crippen molar-refractivity contribution in [2.75, 3.05) is 40.4 Å². The molecule has 1 aromatic heterocycles. The molecule has 1 fully saturated rings. The van der Waals surface area contributed by atoms with E-state index in [1.54, 1.807) is 25.6 Å². The number of benzene rings is 1. The molecule has 0 saturated carbocycles. The number of ether oxygens (including phenoxy) is 2. The zero-order valence-corrected chi connectivity index (χ0v) is 20.1. The normalized spacial score (nSPS) is 15.4. The fourth-order valence-corrected chi connectivity index (χ4v) is 5.21. The second kappa shape index (κ2) is 11.7. The highest BCUT2D eigenvalue weighted by atomic mass is 32.1. The third kappa shape index (κ3) is 6.79. The maximum absolute atomic E-state index is 13.2. The Morgan fingerprint density at radius 3 is 2.58 bits per heavy atom. The summed E-state index contributed by atoms with van der Waals surface area (Å²) >= 11 is 1.55. The molecular formula is C25H36N2O3S. The number of carbonyl (C=O) groups is 1. The summed E-state index contributed by atoms with van der Waals surface area (Å²) in [6.07, 6.45) is 2.24. The fourth-order valence-electron chi connectivity index (χ4n) is 4.26. The van der Waals surface area contributed by atoms with Crippen molar-refractivity contribution in [2.45, 2.75) is 39.8 Å². The number of hydrogen-bond acceptors (Lipinski definition) is 5. The average Bonchev–Trinajstić information content (AvgIpc) is 3.23. The van der Waals surface area contributed by atoms with Crippen molar-refractivity contribution in [1.29, 1.82) is 0 Å². The van der Waals surface area contributed by atoms with Crippen LogP contribution >= 0.6 is 11.3 Å². The van der Waals surface area contributed by atoms with Gasteiger partial charge in [0.05, 0.1) is 18.6 Å². The van der Waals surface area contributed by atoms with Crippen molar-refractivity contribution in [2.24, 2.45) is 11.8 Å². The molecule has 1 aliphatic rings. The molecule has 3 rings (SSSR count). The molecular weight excluding hydrogens is 408 g/mol. The van der Waals surface area contributed by atoms with Crippen LogP contribution < -0.4 is 4.74 Å². The Morgan fingerprint density at radius 2 is 1.90 bits per heavy atom. The quantitative estimate of drug-likeness (QED) is 0.522. The monoisotopic (exact) mass is 444 g/mol. The minimum absolute atomic E-state index is 0.164. The van der Waals surface area contributed by atoms with Crippen molar-refractivity contribution in [3.63, 3.8) is 0 Å². The van der Waals surface area contributed by atoms with Crippen molar-refractivity contribution >= 4 is 17.2 Å². The summed E-state index contributed by atoms with van der Waals surface area (Å²) in [5, 5.41) is 0. The maximum Gasteiger partial charge on any atom is 0.263 e. The van der Waals surface area contributed by atoms with Crippen LogP contribution in [0, 0.1) is 11.8 Å². The van der Waals surface area contributed by atoms with Crippen LogP contribution in [0.4, 0.5) is 0 Å². The van der Waals surface area contributed by atoms with Crippen LogP contribution in [-0.4, -0.2) is 56.1 Å². The molecule has 6 heteroatoms. The van der Waals surface area contributed by atoms with E-state index in [4.69, 9.17) is 9.47 Å². The van der Waals surface area contributed by atoms with Gasteiger partial charge in [-0.3, -0.25) is 9.69 Å². The molecule has 2 aromatic rings. The summed E-state index contributed by atoms with van der Waals surface area (Å²) in [6.45, 7) is 9.61. The van der Waals surface area contributed by atoms with Crippen molar-refractivity contribution < 1.29 is 14.3 Å². The van der Waals surface area contributed by atoms with Gasteiger partial charge in [-0.1, -0.05) is 32.0 Å². The van der Waals surface area contributed by atoms with E-state index < -0.39 is 0 Å². The van der Waals surface area contributed by atoms with Crippen LogP contribution in [0.15, 0.2) is 36.4 Å². The molecule has 0 aliphatic carbocycles. The highest BCUT2D eigenvalue weighted by Crippen LogP contribution is 2.26. The lowest BCUT2D eigenvalue weighted by molar-refractivity contribution is 0.0668. The lowest BCUT2D eigenvalue weighted by atomic mass is 9.95. The Kier molecular flexibility index (Phi) is 8.93. The maximum atomic E-state index is 13.2. The van der Waals surface area contributed by atoms with Crippen molar-refractivity contribution in [1.82, 2.24) is 9.80 Å². The number of carbonyl (C=O) groups excluding carboxylic acids is 1. The molecule has 0 bridgehead atoms. The van der Waals surface area contributed by atoms with Crippen LogP contribution in [0.3, 0.4) is 0 Å². The second-order valence-electron chi connectivity index (χ2n) is 8.83. The van der Waals surface area contributed by atoms with E-state index in [-0.39, 0.29) is 5.91 Å². The van der Waals surface area contributed by atoms with E-state index in [1.807, 2.05) is 24.3 Å². The van der Waals surface area contributed by atoms with E-state index in [1.165, 1.54) is 5.56 Å². The van der Waals surface area contributed by atoms with Gasteiger partial charge in [0.1, 0.15) is 5.75 Å². The Balaban J connectivity index is 1.56. The molecule has 0 atom stereocenters. The molecule has 0 N–H and O–H groups in total. The number of likely N-dealkylation sites (tertiary alicyclic amines) is 1. The molecule has 0 radical (unpaired) electrons. The number of nitrogens with zero attached hydrogens (tertiary/aromatic N) is 2. The largest absolute Gasteiger partial charge is 0.496 e. The first kappa shape index (κ1) is 23.8. The molecule has 31 heavy (non-hydrogen) atoms. The van der Waals surface area contributed by atoms with Gasteiger partial charge in [-0.15, -0.1) is 11.3 Å². The highest BCUT2D eigenvalue weighted by Gasteiger charge is 2.26. The predicted molar refractivity (Wildman–Crippen MR) is 127 cm³/mol. The number of para-hydroxylation sites is 1. The first-order valence-corrected chi connectivity index (χ1v) is 12.0. The molecule has 2 heterocycles. The Hall–Kier alpha value is -1.89. The van der Waals surface area contributed by atoms with Crippen LogP contribution in [0.5, 0.6) is 5.75 Å². The Labute approximate surface area is 191 Å². The summed E-state index contributed by atoms with van der Waals surface area (Å²) in [5.74, 6) is 2.13. The standard InChI is InChI=1S/C25H36N2O3S/c1-19(2)15-27(25(28)24-10-9-22(31-24)18-29-3)16-20-11-13-26(14-12-20)17-21-7-5-6-8-23(21)30-4/h5-10,19-20H,11-18H2,1-4H3. The second-order valence-corrected chi connectivity index (χ2v) is 10.0. The molecule has 1 amide bonds. The van der Waals surface area contributed by atoms with Gasteiger partial charge >= 0.3 is 0 Å². The van der Waals surface area contributed by atoms with Crippen LogP contribution in [-0.2, 0) is 17.9 Å². The van der Waals surface area contributed by atoms with Gasteiger partial charge in [0, 0.05) is 37.2 Å². The number of rotatable bonds is 10. The molecule has 0 spiro atoms. The van der Waals surface area contributed by atoms with Crippen LogP contribution in [0.25, 0.3) is 0 Å². The Morgan fingerprint density at radius 1 is 1.16 bits per heavy atom. The van der Waals surface area contributed by atoms with Crippen LogP contribution in [0.1, 0.15) is 46.8 Å². The average molecular weight is 445 g/mol.